The van der Waals surface area contributed by atoms with Crippen molar-refractivity contribution >= 4 is 56.7 Å². The first-order chi connectivity index (χ1) is 10.1. The van der Waals surface area contributed by atoms with E-state index >= 15 is 0 Å². The van der Waals surface area contributed by atoms with E-state index < -0.39 is 0 Å². The molecule has 5 heteroatoms. The van der Waals surface area contributed by atoms with Crippen LogP contribution in [0.3, 0.4) is 0 Å². The molecule has 2 aromatic carbocycles. The molecule has 3 aromatic rings. The van der Waals surface area contributed by atoms with Gasteiger partial charge in [0.15, 0.2) is 0 Å². The number of carbonyl (C=O) groups is 1. The van der Waals surface area contributed by atoms with Gasteiger partial charge in [-0.15, -0.1) is 0 Å². The van der Waals surface area contributed by atoms with Crippen LogP contribution in [0.1, 0.15) is 10.4 Å². The molecule has 3 rings (SSSR count). The molecule has 1 heterocycles. The number of fused-ring (bicyclic) bond motifs is 1. The highest BCUT2D eigenvalue weighted by Gasteiger charge is 2.10. The Balaban J connectivity index is 1.97. The number of aromatic nitrogens is 1. The third kappa shape index (κ3) is 3.01. The van der Waals surface area contributed by atoms with Crippen molar-refractivity contribution in [3.63, 3.8) is 0 Å². The van der Waals surface area contributed by atoms with Crippen LogP contribution >= 0.6 is 34.2 Å². The lowest BCUT2D eigenvalue weighted by Gasteiger charge is -2.09. The number of hydrogen-bond acceptors (Lipinski definition) is 2. The number of rotatable bonds is 2. The first-order valence-corrected chi connectivity index (χ1v) is 7.71. The summed E-state index contributed by atoms with van der Waals surface area (Å²) < 4.78 is 1.10. The lowest BCUT2D eigenvalue weighted by molar-refractivity contribution is 0.102. The number of hydrogen-bond donors (Lipinski definition) is 1. The van der Waals surface area contributed by atoms with Crippen LogP contribution in [-0.4, -0.2) is 10.9 Å². The van der Waals surface area contributed by atoms with Crippen LogP contribution in [0.15, 0.2) is 54.7 Å². The molecule has 0 aliphatic rings. The first-order valence-electron chi connectivity index (χ1n) is 6.25. The van der Waals surface area contributed by atoms with Crippen LogP contribution in [-0.2, 0) is 0 Å². The Labute approximate surface area is 140 Å². The van der Waals surface area contributed by atoms with Crippen LogP contribution in [0, 0.1) is 3.57 Å². The number of anilines is 1. The fraction of sp³-hybridized carbons (Fsp3) is 0. The van der Waals surface area contributed by atoms with Gasteiger partial charge in [-0.2, -0.15) is 0 Å². The summed E-state index contributed by atoms with van der Waals surface area (Å²) in [5.41, 5.74) is 2.04. The second kappa shape index (κ2) is 5.99. The smallest absolute Gasteiger partial charge is 0.255 e. The largest absolute Gasteiger partial charge is 0.320 e. The normalized spacial score (nSPS) is 10.6. The quantitative estimate of drug-likeness (QED) is 0.622. The Bertz CT molecular complexity index is 818. The van der Waals surface area contributed by atoms with E-state index in [9.17, 15) is 4.79 Å². The van der Waals surface area contributed by atoms with E-state index in [1.807, 2.05) is 24.3 Å². The second-order valence-corrected chi connectivity index (χ2v) is 6.05. The van der Waals surface area contributed by atoms with Crippen molar-refractivity contribution in [1.29, 1.82) is 0 Å². The van der Waals surface area contributed by atoms with Crippen molar-refractivity contribution in [3.8, 4) is 0 Å². The summed E-state index contributed by atoms with van der Waals surface area (Å²) in [6.45, 7) is 0. The summed E-state index contributed by atoms with van der Waals surface area (Å²) in [5, 5.41) is 4.52. The number of benzene rings is 2. The molecule has 0 aliphatic carbocycles. The van der Waals surface area contributed by atoms with Gasteiger partial charge in [0, 0.05) is 25.7 Å². The minimum absolute atomic E-state index is 0.181. The van der Waals surface area contributed by atoms with Gasteiger partial charge in [-0.25, -0.2) is 0 Å². The molecular formula is C16H10ClIN2O. The number of carbonyl (C=O) groups excluding carboxylic acids is 1. The molecule has 0 spiro atoms. The highest BCUT2D eigenvalue weighted by Crippen LogP contribution is 2.26. The summed E-state index contributed by atoms with van der Waals surface area (Å²) in [6.07, 6.45) is 1.72. The lowest BCUT2D eigenvalue weighted by Crippen LogP contribution is -2.12. The Morgan fingerprint density at radius 2 is 1.86 bits per heavy atom. The van der Waals surface area contributed by atoms with E-state index in [0.29, 0.717) is 16.3 Å². The van der Waals surface area contributed by atoms with Crippen LogP contribution in [0.25, 0.3) is 10.9 Å². The Hall–Kier alpha value is -1.66. The number of halogens is 2. The van der Waals surface area contributed by atoms with Gasteiger partial charge in [-0.05, 0) is 65.1 Å². The number of nitrogens with one attached hydrogen (secondary N) is 1. The summed E-state index contributed by atoms with van der Waals surface area (Å²) in [5.74, 6) is -0.181. The molecule has 0 bridgehead atoms. The summed E-state index contributed by atoms with van der Waals surface area (Å²) >= 11 is 8.09. The molecule has 1 aromatic heterocycles. The second-order valence-electron chi connectivity index (χ2n) is 4.46. The van der Waals surface area contributed by atoms with E-state index in [2.05, 4.69) is 32.9 Å². The van der Waals surface area contributed by atoms with Gasteiger partial charge >= 0.3 is 0 Å². The maximum absolute atomic E-state index is 12.3. The van der Waals surface area contributed by atoms with E-state index in [1.165, 1.54) is 0 Å². The van der Waals surface area contributed by atoms with E-state index in [1.54, 1.807) is 30.5 Å². The lowest BCUT2D eigenvalue weighted by atomic mass is 10.1. The molecule has 104 valence electrons. The molecular weight excluding hydrogens is 399 g/mol. The van der Waals surface area contributed by atoms with Crippen molar-refractivity contribution in [2.24, 2.45) is 0 Å². The van der Waals surface area contributed by atoms with E-state index in [0.717, 1.165) is 14.5 Å². The van der Waals surface area contributed by atoms with Crippen molar-refractivity contribution < 1.29 is 4.79 Å². The maximum atomic E-state index is 12.3. The predicted molar refractivity (Wildman–Crippen MR) is 93.9 cm³/mol. The zero-order valence-electron chi connectivity index (χ0n) is 10.8. The van der Waals surface area contributed by atoms with Crippen molar-refractivity contribution in [2.45, 2.75) is 0 Å². The first kappa shape index (κ1) is 14.3. The number of amides is 1. The summed E-state index contributed by atoms with van der Waals surface area (Å²) in [6, 6.07) is 14.5. The third-order valence-electron chi connectivity index (χ3n) is 3.07. The molecule has 0 radical (unpaired) electrons. The minimum Gasteiger partial charge on any atom is -0.320 e. The summed E-state index contributed by atoms with van der Waals surface area (Å²) in [4.78, 5) is 16.6. The molecule has 0 fully saturated rings. The standard InChI is InChI=1S/C16H10ClIN2O/c17-11-5-3-10(4-6-11)16(21)20-14-8-7-13(18)12-2-1-9-19-15(12)14/h1-9H,(H,20,21). The third-order valence-corrected chi connectivity index (χ3v) is 4.26. The van der Waals surface area contributed by atoms with Gasteiger partial charge < -0.3 is 5.32 Å². The van der Waals surface area contributed by atoms with Gasteiger partial charge in [0.25, 0.3) is 5.91 Å². The fourth-order valence-corrected chi connectivity index (χ4v) is 2.78. The monoisotopic (exact) mass is 408 g/mol. The number of pyridine rings is 1. The molecule has 0 aliphatic heterocycles. The van der Waals surface area contributed by atoms with Crippen molar-refractivity contribution in [1.82, 2.24) is 4.98 Å². The molecule has 1 amide bonds. The van der Waals surface area contributed by atoms with E-state index in [-0.39, 0.29) is 5.91 Å². The minimum atomic E-state index is -0.181. The molecule has 21 heavy (non-hydrogen) atoms. The Kier molecular flexibility index (Phi) is 4.07. The average molecular weight is 409 g/mol. The Morgan fingerprint density at radius 3 is 2.62 bits per heavy atom. The zero-order chi connectivity index (χ0) is 14.8. The molecule has 3 nitrogen and oxygen atoms in total. The summed E-state index contributed by atoms with van der Waals surface area (Å²) in [7, 11) is 0. The van der Waals surface area contributed by atoms with Gasteiger partial charge in [-0.3, -0.25) is 9.78 Å². The molecule has 0 unspecified atom stereocenters. The molecule has 0 saturated carbocycles. The maximum Gasteiger partial charge on any atom is 0.255 e. The van der Waals surface area contributed by atoms with Crippen molar-refractivity contribution in [3.05, 3.63) is 68.9 Å². The predicted octanol–water partition coefficient (Wildman–Crippen LogP) is 4.75. The van der Waals surface area contributed by atoms with Crippen LogP contribution in [0.5, 0.6) is 0 Å². The highest BCUT2D eigenvalue weighted by molar-refractivity contribution is 14.1. The van der Waals surface area contributed by atoms with Gasteiger partial charge in [-0.1, -0.05) is 17.7 Å². The topological polar surface area (TPSA) is 42.0 Å². The Morgan fingerprint density at radius 1 is 1.10 bits per heavy atom. The molecule has 1 N–H and O–H groups in total. The van der Waals surface area contributed by atoms with Gasteiger partial charge in [0.1, 0.15) is 0 Å². The van der Waals surface area contributed by atoms with E-state index in [4.69, 9.17) is 11.6 Å². The fourth-order valence-electron chi connectivity index (χ4n) is 2.03. The molecule has 0 saturated heterocycles. The highest BCUT2D eigenvalue weighted by atomic mass is 127. The molecule has 0 atom stereocenters. The SMILES string of the molecule is O=C(Nc1ccc(I)c2cccnc12)c1ccc(Cl)cc1. The van der Waals surface area contributed by atoms with Gasteiger partial charge in [0.2, 0.25) is 0 Å². The van der Waals surface area contributed by atoms with Crippen LogP contribution in [0.2, 0.25) is 5.02 Å². The number of nitrogens with zero attached hydrogens (tertiary/aromatic N) is 1. The zero-order valence-corrected chi connectivity index (χ0v) is 13.7. The van der Waals surface area contributed by atoms with Gasteiger partial charge in [0.05, 0.1) is 11.2 Å². The van der Waals surface area contributed by atoms with Crippen LogP contribution < -0.4 is 5.32 Å². The van der Waals surface area contributed by atoms with Crippen LogP contribution in [0.4, 0.5) is 5.69 Å². The average Bonchev–Trinajstić information content (AvgIpc) is 2.51. The van der Waals surface area contributed by atoms with Crippen molar-refractivity contribution in [2.75, 3.05) is 5.32 Å².